The number of nitrogens with zero attached hydrogens (tertiary/aromatic N) is 2. The molecule has 0 aromatic carbocycles. The van der Waals surface area contributed by atoms with Gasteiger partial charge < -0.3 is 19.9 Å². The molecule has 0 aliphatic carbocycles. The molecular weight excluding hydrogens is 256 g/mol. The summed E-state index contributed by atoms with van der Waals surface area (Å²) in [5.74, 6) is -0.363. The average molecular weight is 273 g/mol. The number of rotatable bonds is 4. The molecule has 0 bridgehead atoms. The first-order valence-electron chi connectivity index (χ1n) is 6.10. The van der Waals surface area contributed by atoms with Crippen molar-refractivity contribution in [2.45, 2.75) is 25.1 Å². The minimum atomic E-state index is -2.51. The summed E-state index contributed by atoms with van der Waals surface area (Å²) in [6.07, 6.45) is -1.69. The number of aliphatic hydroxyl groups is 1. The molecule has 1 saturated heterocycles. The predicted molar refractivity (Wildman–Crippen MR) is 65.2 cm³/mol. The van der Waals surface area contributed by atoms with Gasteiger partial charge in [-0.25, -0.2) is 8.78 Å². The molecule has 1 amide bonds. The number of carbonyl (C=O) groups excluding carboxylic acids is 1. The predicted octanol–water partition coefficient (Wildman–Crippen LogP) is 0.158. The second-order valence-corrected chi connectivity index (χ2v) is 4.65. The molecule has 2 N–H and O–H groups in total. The van der Waals surface area contributed by atoms with Crippen molar-refractivity contribution in [1.29, 1.82) is 0 Å². The molecule has 7 heteroatoms. The van der Waals surface area contributed by atoms with E-state index >= 15 is 0 Å². The van der Waals surface area contributed by atoms with E-state index in [0.29, 0.717) is 13.1 Å². The molecule has 0 radical (unpaired) electrons. The maximum absolute atomic E-state index is 12.4. The van der Waals surface area contributed by atoms with Gasteiger partial charge in [0, 0.05) is 26.3 Å². The Morgan fingerprint density at radius 3 is 2.95 bits per heavy atom. The Balaban J connectivity index is 2.13. The average Bonchev–Trinajstić information content (AvgIpc) is 2.95. The van der Waals surface area contributed by atoms with Crippen LogP contribution in [-0.2, 0) is 6.54 Å². The van der Waals surface area contributed by atoms with Crippen LogP contribution in [-0.4, -0.2) is 59.2 Å². The summed E-state index contributed by atoms with van der Waals surface area (Å²) < 4.78 is 26.1. The van der Waals surface area contributed by atoms with Gasteiger partial charge in [0.2, 0.25) is 0 Å². The summed E-state index contributed by atoms with van der Waals surface area (Å²) in [4.78, 5) is 13.7. The number of β-amino-alcohol motifs (C(OH)–C–C–N with tert-alkyl or cyclic N) is 1. The molecule has 19 heavy (non-hydrogen) atoms. The van der Waals surface area contributed by atoms with E-state index in [1.165, 1.54) is 21.7 Å². The molecule has 1 aromatic rings. The van der Waals surface area contributed by atoms with Gasteiger partial charge in [-0.2, -0.15) is 0 Å². The highest BCUT2D eigenvalue weighted by Crippen LogP contribution is 2.14. The fourth-order valence-corrected chi connectivity index (χ4v) is 2.29. The Morgan fingerprint density at radius 1 is 1.63 bits per heavy atom. The second kappa shape index (κ2) is 5.66. The highest BCUT2D eigenvalue weighted by Gasteiger charge is 2.32. The quantitative estimate of drug-likeness (QED) is 0.821. The van der Waals surface area contributed by atoms with Crippen LogP contribution in [0, 0.1) is 0 Å². The first-order valence-corrected chi connectivity index (χ1v) is 6.10. The van der Waals surface area contributed by atoms with Crippen LogP contribution in [0.1, 0.15) is 10.5 Å². The molecule has 5 nitrogen and oxygen atoms in total. The van der Waals surface area contributed by atoms with E-state index in [1.807, 2.05) is 0 Å². The molecule has 1 fully saturated rings. The first-order chi connectivity index (χ1) is 9.00. The number of alkyl halides is 2. The number of hydrogen-bond acceptors (Lipinski definition) is 3. The van der Waals surface area contributed by atoms with E-state index < -0.39 is 19.1 Å². The zero-order valence-electron chi connectivity index (χ0n) is 10.6. The number of amides is 1. The standard InChI is InChI=1S/C12H17F2N3O2/c1-16(9-5-15-6-10(9)18)12(19)8-3-2-4-17(8)7-11(13)14/h2-4,9-11,15,18H,5-7H2,1H3/t9-,10-/m0/s1. The first kappa shape index (κ1) is 14.0. The number of aromatic nitrogens is 1. The molecule has 1 aromatic heterocycles. The Bertz CT molecular complexity index is 450. The van der Waals surface area contributed by atoms with Gasteiger partial charge in [0.15, 0.2) is 0 Å². The lowest BCUT2D eigenvalue weighted by Gasteiger charge is -2.26. The van der Waals surface area contributed by atoms with Crippen molar-refractivity contribution in [3.8, 4) is 0 Å². The van der Waals surface area contributed by atoms with E-state index in [9.17, 15) is 18.7 Å². The summed E-state index contributed by atoms with van der Waals surface area (Å²) in [6, 6.07) is 2.74. The van der Waals surface area contributed by atoms with Crippen LogP contribution in [0.5, 0.6) is 0 Å². The SMILES string of the molecule is CN(C(=O)c1cccn1CC(F)F)[C@H]1CNC[C@@H]1O. The van der Waals surface area contributed by atoms with E-state index in [2.05, 4.69) is 5.32 Å². The molecule has 2 atom stereocenters. The van der Waals surface area contributed by atoms with Crippen LogP contribution in [0.15, 0.2) is 18.3 Å². The van der Waals surface area contributed by atoms with Crippen LogP contribution in [0.25, 0.3) is 0 Å². The summed E-state index contributed by atoms with van der Waals surface area (Å²) in [5, 5.41) is 12.7. The molecule has 0 spiro atoms. The van der Waals surface area contributed by atoms with Crippen LogP contribution in [0.2, 0.25) is 0 Å². The van der Waals surface area contributed by atoms with Gasteiger partial charge in [-0.15, -0.1) is 0 Å². The normalized spacial score (nSPS) is 23.0. The lowest BCUT2D eigenvalue weighted by atomic mass is 10.2. The van der Waals surface area contributed by atoms with Crippen molar-refractivity contribution < 1.29 is 18.7 Å². The van der Waals surface area contributed by atoms with Gasteiger partial charge in [0.1, 0.15) is 5.69 Å². The lowest BCUT2D eigenvalue weighted by molar-refractivity contribution is 0.0564. The molecule has 0 saturated carbocycles. The smallest absolute Gasteiger partial charge is 0.270 e. The summed E-state index contributed by atoms with van der Waals surface area (Å²) >= 11 is 0. The summed E-state index contributed by atoms with van der Waals surface area (Å²) in [7, 11) is 1.57. The van der Waals surface area contributed by atoms with E-state index in [0.717, 1.165) is 0 Å². The lowest BCUT2D eigenvalue weighted by Crippen LogP contribution is -2.44. The minimum Gasteiger partial charge on any atom is -0.390 e. The van der Waals surface area contributed by atoms with Crippen molar-refractivity contribution >= 4 is 5.91 Å². The number of aliphatic hydroxyl groups excluding tert-OH is 1. The Morgan fingerprint density at radius 2 is 2.37 bits per heavy atom. The maximum atomic E-state index is 12.4. The number of carbonyl (C=O) groups is 1. The Hall–Kier alpha value is -1.47. The van der Waals surface area contributed by atoms with E-state index in [-0.39, 0.29) is 17.6 Å². The number of nitrogens with one attached hydrogen (secondary N) is 1. The molecular formula is C12H17F2N3O2. The highest BCUT2D eigenvalue weighted by atomic mass is 19.3. The van der Waals surface area contributed by atoms with Gasteiger partial charge in [-0.05, 0) is 12.1 Å². The molecule has 2 heterocycles. The topological polar surface area (TPSA) is 57.5 Å². The van der Waals surface area contributed by atoms with Crippen LogP contribution in [0.3, 0.4) is 0 Å². The maximum Gasteiger partial charge on any atom is 0.270 e. The third-order valence-corrected chi connectivity index (χ3v) is 3.35. The number of halogens is 2. The van der Waals surface area contributed by atoms with Gasteiger partial charge in [-0.1, -0.05) is 0 Å². The zero-order chi connectivity index (χ0) is 14.0. The van der Waals surface area contributed by atoms with Gasteiger partial charge in [-0.3, -0.25) is 4.79 Å². The van der Waals surface area contributed by atoms with Gasteiger partial charge >= 0.3 is 0 Å². The molecule has 2 rings (SSSR count). The van der Waals surface area contributed by atoms with Crippen LogP contribution >= 0.6 is 0 Å². The van der Waals surface area contributed by atoms with Crippen molar-refractivity contribution in [2.75, 3.05) is 20.1 Å². The summed E-state index contributed by atoms with van der Waals surface area (Å²) in [5.41, 5.74) is 0.210. The second-order valence-electron chi connectivity index (χ2n) is 4.65. The summed E-state index contributed by atoms with van der Waals surface area (Å²) in [6.45, 7) is 0.423. The molecule has 0 unspecified atom stereocenters. The third kappa shape index (κ3) is 2.93. The van der Waals surface area contributed by atoms with Crippen LogP contribution in [0.4, 0.5) is 8.78 Å². The Labute approximate surface area is 109 Å². The van der Waals surface area contributed by atoms with E-state index in [1.54, 1.807) is 13.1 Å². The molecule has 106 valence electrons. The largest absolute Gasteiger partial charge is 0.390 e. The third-order valence-electron chi connectivity index (χ3n) is 3.35. The Kier molecular flexibility index (Phi) is 4.16. The molecule has 1 aliphatic rings. The molecule has 1 aliphatic heterocycles. The van der Waals surface area contributed by atoms with Gasteiger partial charge in [0.25, 0.3) is 12.3 Å². The highest BCUT2D eigenvalue weighted by molar-refractivity contribution is 5.92. The van der Waals surface area contributed by atoms with Crippen LogP contribution < -0.4 is 5.32 Å². The van der Waals surface area contributed by atoms with E-state index in [4.69, 9.17) is 0 Å². The van der Waals surface area contributed by atoms with Gasteiger partial charge in [0.05, 0.1) is 18.7 Å². The number of likely N-dealkylation sites (N-methyl/N-ethyl adjacent to an activating group) is 1. The number of hydrogen-bond donors (Lipinski definition) is 2. The fraction of sp³-hybridized carbons (Fsp3) is 0.583. The minimum absolute atomic E-state index is 0.210. The fourth-order valence-electron chi connectivity index (χ4n) is 2.29. The van der Waals surface area contributed by atoms with Crippen molar-refractivity contribution in [3.63, 3.8) is 0 Å². The van der Waals surface area contributed by atoms with Crippen molar-refractivity contribution in [3.05, 3.63) is 24.0 Å². The zero-order valence-corrected chi connectivity index (χ0v) is 10.6. The van der Waals surface area contributed by atoms with Crippen molar-refractivity contribution in [2.24, 2.45) is 0 Å². The van der Waals surface area contributed by atoms with Crippen molar-refractivity contribution in [1.82, 2.24) is 14.8 Å². The monoisotopic (exact) mass is 273 g/mol.